The Balaban J connectivity index is 0.00000167. The van der Waals surface area contributed by atoms with E-state index >= 15 is 0 Å². The molecule has 1 aliphatic heterocycles. The Kier molecular flexibility index (Phi) is 27.9. The minimum atomic E-state index is -1.89. The van der Waals surface area contributed by atoms with E-state index in [9.17, 15) is 48.3 Å². The number of fused-ring (bicyclic) bond motifs is 2. The first kappa shape index (κ1) is 78.8. The number of nitrogens with one attached hydrogen (secondary N) is 1. The van der Waals surface area contributed by atoms with Gasteiger partial charge in [0.25, 0.3) is 0 Å². The van der Waals surface area contributed by atoms with Crippen molar-refractivity contribution in [2.24, 2.45) is 63.6 Å². The summed E-state index contributed by atoms with van der Waals surface area (Å²) >= 11 is 0. The van der Waals surface area contributed by atoms with Gasteiger partial charge < -0.3 is 48.6 Å². The number of Topliss-reactive ketones (excluding diaryl/α,β-unsaturated/α-hetero) is 1. The van der Waals surface area contributed by atoms with Gasteiger partial charge in [0.1, 0.15) is 35.1 Å². The zero-order chi connectivity index (χ0) is 69.7. The van der Waals surface area contributed by atoms with Gasteiger partial charge in [-0.1, -0.05) is 81.2 Å². The number of nitrogens with zero attached hydrogens (tertiary/aromatic N) is 3. The van der Waals surface area contributed by atoms with Crippen molar-refractivity contribution in [1.82, 2.24) is 20.0 Å². The minimum absolute atomic E-state index is 0.00575. The van der Waals surface area contributed by atoms with Crippen LogP contribution in [0.25, 0.3) is 0 Å². The highest BCUT2D eigenvalue weighted by Gasteiger charge is 2.79. The summed E-state index contributed by atoms with van der Waals surface area (Å²) in [6.45, 7) is 39.1. The average Bonchev–Trinajstić information content (AvgIpc) is 1.48. The van der Waals surface area contributed by atoms with E-state index < -0.39 is 94.6 Å². The highest BCUT2D eigenvalue weighted by atomic mass is 16.6. The summed E-state index contributed by atoms with van der Waals surface area (Å²) in [5.41, 5.74) is -4.92. The smallest absolute Gasteiger partial charge is 0.411 e. The predicted molar refractivity (Wildman–Crippen MR) is 353 cm³/mol. The van der Waals surface area contributed by atoms with Crippen LogP contribution in [0.2, 0.25) is 0 Å². The second-order valence-corrected chi connectivity index (χ2v) is 30.8. The van der Waals surface area contributed by atoms with Gasteiger partial charge in [0.2, 0.25) is 0 Å². The van der Waals surface area contributed by atoms with E-state index in [0.717, 1.165) is 48.8 Å². The quantitative estimate of drug-likeness (QED) is 0.0581. The molecule has 0 aromatic carbocycles. The molecule has 0 bridgehead atoms. The number of hydrogen-bond acceptors (Lipinski definition) is 15. The number of carboxylic acid groups (broad SMARTS) is 1. The molecule has 0 aromatic heterocycles. The van der Waals surface area contributed by atoms with Crippen LogP contribution >= 0.6 is 0 Å². The number of carbonyl (C=O) groups is 9. The molecule has 4 saturated carbocycles. The van der Waals surface area contributed by atoms with Crippen LogP contribution in [0.3, 0.4) is 0 Å². The van der Waals surface area contributed by atoms with Gasteiger partial charge >= 0.3 is 42.3 Å². The Bertz CT molecular complexity index is 2640. The van der Waals surface area contributed by atoms with Gasteiger partial charge in [0, 0.05) is 75.9 Å². The summed E-state index contributed by atoms with van der Waals surface area (Å²) in [5, 5.41) is 13.7. The van der Waals surface area contributed by atoms with Crippen molar-refractivity contribution in [3.05, 3.63) is 23.3 Å². The molecule has 2 spiro atoms. The second-order valence-electron chi connectivity index (χ2n) is 30.8. The Morgan fingerprint density at radius 2 is 1.32 bits per heavy atom. The van der Waals surface area contributed by atoms with Crippen LogP contribution < -0.4 is 5.32 Å². The van der Waals surface area contributed by atoms with E-state index in [1.807, 2.05) is 13.8 Å². The number of alkyl carbamates (subject to hydrolysis) is 1. The number of rotatable bonds is 22. The number of aliphatic carboxylic acids is 1. The van der Waals surface area contributed by atoms with Gasteiger partial charge in [0.05, 0.1) is 12.2 Å². The fourth-order valence-electron chi connectivity index (χ4n) is 16.0. The largest absolute Gasteiger partial charge is 0.478 e. The monoisotopic (exact) mass is 1300 g/mol. The van der Waals surface area contributed by atoms with Gasteiger partial charge in [-0.25, -0.2) is 24.0 Å². The van der Waals surface area contributed by atoms with Crippen molar-refractivity contribution >= 4 is 53.8 Å². The molecule has 9 unspecified atom stereocenters. The zero-order valence-electron chi connectivity index (χ0n) is 60.3. The first-order valence-corrected chi connectivity index (χ1v) is 34.6. The maximum absolute atomic E-state index is 14.9. The lowest BCUT2D eigenvalue weighted by molar-refractivity contribution is -0.149. The van der Waals surface area contributed by atoms with Gasteiger partial charge in [-0.2, -0.15) is 0 Å². The van der Waals surface area contributed by atoms with Gasteiger partial charge in [0.15, 0.2) is 11.6 Å². The molecule has 4 amide bonds. The Hall–Kier alpha value is -5.69. The standard InChI is InChI=1S/C62H96N4O16.C8H18.C2H6/c1-38-36-77-48(70)35-66(33-19-32-65(54(75)81-58(10,11)12)30-17-16-29-64(53(74)80-57(7,8)9)31-18-28-63-52(73)79-56(4,5)6)55(76)82-59(13,14)50(51(71)72)49(38)46(69)23-22-43-47(78-40(3)67)34-44-42-21-20-41-39(2)45(68)24-25-61(41)37-62(42,61)27-26-60(43,44)15;1-5-8(6-2)7(3)4;1-2/h24-25,38-39,41-44,47H,16-23,26-37H2,1-15H3,(H,63,73)(H,71,72);7-8H,5-6H2,1-4H3;1-2H3/b50-49+;;/t38?,39-,41?,42?,43?,44?,47?,60?,61?,62?;;/m0../s1. The molecular formula is C72H120N4O16. The van der Waals surface area contributed by atoms with Crippen molar-refractivity contribution in [2.75, 3.05) is 52.4 Å². The Morgan fingerprint density at radius 3 is 1.83 bits per heavy atom. The zero-order valence-corrected chi connectivity index (χ0v) is 60.3. The fourth-order valence-corrected chi connectivity index (χ4v) is 16.0. The van der Waals surface area contributed by atoms with Crippen molar-refractivity contribution in [3.8, 4) is 0 Å². The maximum Gasteiger partial charge on any atom is 0.411 e. The lowest BCUT2D eigenvalue weighted by atomic mass is 9.49. The fraction of sp³-hybridized carbons (Fsp3) is 0.819. The van der Waals surface area contributed by atoms with Crippen LogP contribution in [0.15, 0.2) is 23.3 Å². The molecule has 524 valence electrons. The molecule has 0 aromatic rings. The van der Waals surface area contributed by atoms with Gasteiger partial charge in [-0.15, -0.1) is 0 Å². The summed E-state index contributed by atoms with van der Waals surface area (Å²) in [7, 11) is 0. The van der Waals surface area contributed by atoms with E-state index in [1.54, 1.807) is 80.2 Å². The summed E-state index contributed by atoms with van der Waals surface area (Å²) in [4.78, 5) is 125. The molecule has 5 aliphatic carbocycles. The van der Waals surface area contributed by atoms with Crippen LogP contribution in [-0.4, -0.2) is 155 Å². The van der Waals surface area contributed by atoms with E-state index in [0.29, 0.717) is 43.9 Å². The summed E-state index contributed by atoms with van der Waals surface area (Å²) in [5.74, 6) is -1.40. The second kappa shape index (κ2) is 32.6. The third-order valence-corrected chi connectivity index (χ3v) is 20.2. The molecule has 2 N–H and O–H groups in total. The van der Waals surface area contributed by atoms with Crippen molar-refractivity contribution in [1.29, 1.82) is 0 Å². The molecule has 10 atom stereocenters. The number of esters is 2. The molecule has 0 radical (unpaired) electrons. The van der Waals surface area contributed by atoms with Crippen LogP contribution in [0.1, 0.15) is 235 Å². The molecule has 20 heteroatoms. The average molecular weight is 1300 g/mol. The highest BCUT2D eigenvalue weighted by Crippen LogP contribution is 2.84. The van der Waals surface area contributed by atoms with Crippen LogP contribution in [0, 0.1) is 63.6 Å². The summed E-state index contributed by atoms with van der Waals surface area (Å²) < 4.78 is 34.5. The lowest BCUT2D eigenvalue weighted by Crippen LogP contribution is -2.49. The molecular weight excluding hydrogens is 1180 g/mol. The number of allylic oxidation sites excluding steroid dienone is 2. The van der Waals surface area contributed by atoms with Gasteiger partial charge in [-0.3, -0.25) is 24.1 Å². The number of carbonyl (C=O) groups excluding carboxylic acids is 8. The van der Waals surface area contributed by atoms with E-state index in [-0.39, 0.29) is 104 Å². The van der Waals surface area contributed by atoms with Crippen LogP contribution in [0.4, 0.5) is 19.2 Å². The molecule has 20 nitrogen and oxygen atoms in total. The van der Waals surface area contributed by atoms with E-state index in [1.165, 1.54) is 38.5 Å². The highest BCUT2D eigenvalue weighted by molar-refractivity contribution is 6.05. The molecule has 6 aliphatic rings. The molecule has 92 heavy (non-hydrogen) atoms. The van der Waals surface area contributed by atoms with Crippen molar-refractivity contribution in [3.63, 3.8) is 0 Å². The van der Waals surface area contributed by atoms with E-state index in [2.05, 4.69) is 52.9 Å². The summed E-state index contributed by atoms with van der Waals surface area (Å²) in [6.07, 6.45) is 10.7. The normalized spacial score (nSPS) is 28.3. The molecule has 6 rings (SSSR count). The summed E-state index contributed by atoms with van der Waals surface area (Å²) in [6, 6.07) is 0. The predicted octanol–water partition coefficient (Wildman–Crippen LogP) is 14.3. The minimum Gasteiger partial charge on any atom is -0.478 e. The number of cyclic esters (lactones) is 2. The number of ketones is 2. The van der Waals surface area contributed by atoms with Crippen LogP contribution in [-0.2, 0) is 52.4 Å². The number of amides is 4. The molecule has 0 saturated heterocycles. The molecule has 1 heterocycles. The SMILES string of the molecule is CC.CC(=O)OC1CC2C3CCC4[C@H](C)C(=O)C=CC45CC35CCC2(C)C1CCC(=O)/C1=C(\C(=O)O)C(C)(C)OC(=O)N(CCCN(CCCCN(CCCNC(=O)OC(C)(C)C)C(=O)OC(C)(C)C)C(=O)OC(C)(C)C)CC(=O)OCC1C.CCC(CC)C(C)C. The first-order valence-electron chi connectivity index (χ1n) is 34.6. The number of unbranched alkanes of at least 4 members (excludes halogenated alkanes) is 1. The Labute approximate surface area is 551 Å². The maximum atomic E-state index is 14.9. The first-order chi connectivity index (χ1) is 42.7. The van der Waals surface area contributed by atoms with Crippen LogP contribution in [0.5, 0.6) is 0 Å². The third kappa shape index (κ3) is 20.4. The number of hydrogen-bond donors (Lipinski definition) is 2. The molecule has 4 fully saturated rings. The van der Waals surface area contributed by atoms with Crippen molar-refractivity contribution in [2.45, 2.75) is 264 Å². The number of carboxylic acids is 1. The Morgan fingerprint density at radius 1 is 0.772 bits per heavy atom. The van der Waals surface area contributed by atoms with Gasteiger partial charge in [-0.05, 0) is 199 Å². The van der Waals surface area contributed by atoms with E-state index in [4.69, 9.17) is 28.4 Å². The third-order valence-electron chi connectivity index (χ3n) is 20.2. The van der Waals surface area contributed by atoms with Crippen molar-refractivity contribution < 1.29 is 76.7 Å². The number of ether oxygens (including phenoxy) is 6. The lowest BCUT2D eigenvalue weighted by Gasteiger charge is -2.55. The topological polar surface area (TPSA) is 251 Å².